The van der Waals surface area contributed by atoms with Crippen LogP contribution in [0.1, 0.15) is 36.7 Å². The van der Waals surface area contributed by atoms with Crippen LogP contribution in [-0.2, 0) is 14.3 Å². The highest BCUT2D eigenvalue weighted by molar-refractivity contribution is 5.99. The number of aromatic nitrogens is 1. The first kappa shape index (κ1) is 30.2. The van der Waals surface area contributed by atoms with Crippen molar-refractivity contribution < 1.29 is 46.9 Å². The number of ether oxygens (including phenoxy) is 2. The molecule has 1 atom stereocenters. The molecule has 11 nitrogen and oxygen atoms in total. The molecule has 3 rings (SSSR count). The van der Waals surface area contributed by atoms with Gasteiger partial charge in [0.05, 0.1) is 18.7 Å². The molecule has 1 fully saturated rings. The molecule has 1 aromatic carbocycles. The summed E-state index contributed by atoms with van der Waals surface area (Å²) in [5.74, 6) is -4.01. The minimum Gasteiger partial charge on any atom is -0.492 e. The largest absolute Gasteiger partial charge is 0.492 e. The Bertz CT molecular complexity index is 1280. The summed E-state index contributed by atoms with van der Waals surface area (Å²) in [6.07, 6.45) is -4.23. The third-order valence-electron chi connectivity index (χ3n) is 6.06. The van der Waals surface area contributed by atoms with Crippen LogP contribution in [0.15, 0.2) is 42.2 Å². The van der Waals surface area contributed by atoms with Crippen LogP contribution < -0.4 is 10.1 Å². The molecule has 0 bridgehead atoms. The first-order chi connectivity index (χ1) is 19.1. The highest BCUT2D eigenvalue weighted by Crippen LogP contribution is 2.26. The number of para-hydroxylation sites is 1. The van der Waals surface area contributed by atoms with Crippen LogP contribution >= 0.6 is 0 Å². The van der Waals surface area contributed by atoms with Crippen LogP contribution in [0, 0.1) is 0 Å². The Hall–Kier alpha value is -4.36. The number of piperazine rings is 1. The number of carbonyl (C=O) groups is 4. The molecule has 1 unspecified atom stereocenters. The molecule has 40 heavy (non-hydrogen) atoms. The Morgan fingerprint density at radius 1 is 1.05 bits per heavy atom. The number of carboxylic acid groups (broad SMARTS) is 1. The van der Waals surface area contributed by atoms with Gasteiger partial charge in [0.15, 0.2) is 5.83 Å². The van der Waals surface area contributed by atoms with E-state index in [4.69, 9.17) is 14.6 Å². The number of carbonyl (C=O) groups excluding carboxylic acids is 3. The molecule has 1 aliphatic rings. The number of fused-ring (bicyclic) bond motifs is 1. The predicted octanol–water partition coefficient (Wildman–Crippen LogP) is 3.35. The van der Waals surface area contributed by atoms with Gasteiger partial charge in [-0.25, -0.2) is 14.2 Å². The van der Waals surface area contributed by atoms with Gasteiger partial charge in [0, 0.05) is 50.5 Å². The lowest BCUT2D eigenvalue weighted by Crippen LogP contribution is -2.56. The van der Waals surface area contributed by atoms with E-state index < -0.39 is 61.3 Å². The second-order valence-corrected chi connectivity index (χ2v) is 8.76. The van der Waals surface area contributed by atoms with Crippen molar-refractivity contribution in [2.24, 2.45) is 0 Å². The summed E-state index contributed by atoms with van der Waals surface area (Å²) in [7, 11) is 0. The van der Waals surface area contributed by atoms with Gasteiger partial charge in [0.2, 0.25) is 5.91 Å². The average Bonchev–Trinajstić information content (AvgIpc) is 2.94. The van der Waals surface area contributed by atoms with Crippen LogP contribution in [0.25, 0.3) is 10.9 Å². The number of pyridine rings is 1. The molecule has 0 saturated carbocycles. The number of nitrogens with one attached hydrogen (secondary N) is 1. The summed E-state index contributed by atoms with van der Waals surface area (Å²) in [5.41, 5.74) is 0.142. The number of hydrogen-bond acceptors (Lipinski definition) is 7. The van der Waals surface area contributed by atoms with Gasteiger partial charge < -0.3 is 29.7 Å². The zero-order valence-corrected chi connectivity index (χ0v) is 21.7. The molecular formula is C26H29F3N4O7. The number of halogens is 3. The van der Waals surface area contributed by atoms with E-state index in [1.165, 1.54) is 15.9 Å². The number of nitrogens with zero attached hydrogens (tertiary/aromatic N) is 3. The number of rotatable bonds is 11. The maximum atomic E-state index is 13.3. The Labute approximate surface area is 227 Å². The van der Waals surface area contributed by atoms with Crippen molar-refractivity contribution in [1.82, 2.24) is 20.1 Å². The van der Waals surface area contributed by atoms with Gasteiger partial charge >= 0.3 is 18.1 Å². The van der Waals surface area contributed by atoms with Crippen molar-refractivity contribution in [2.75, 3.05) is 39.4 Å². The first-order valence-electron chi connectivity index (χ1n) is 12.6. The van der Waals surface area contributed by atoms with Crippen molar-refractivity contribution in [2.45, 2.75) is 32.2 Å². The van der Waals surface area contributed by atoms with Crippen molar-refractivity contribution in [3.05, 3.63) is 47.9 Å². The molecule has 0 aliphatic carbocycles. The first-order valence-corrected chi connectivity index (χ1v) is 12.6. The van der Waals surface area contributed by atoms with Gasteiger partial charge in [-0.05, 0) is 25.5 Å². The molecular weight excluding hydrogens is 537 g/mol. The molecule has 1 aliphatic heterocycles. The fraction of sp³-hybridized carbons (Fsp3) is 0.423. The van der Waals surface area contributed by atoms with Crippen LogP contribution in [0.4, 0.5) is 18.0 Å². The van der Waals surface area contributed by atoms with Gasteiger partial charge in [0.25, 0.3) is 5.91 Å². The van der Waals surface area contributed by atoms with E-state index >= 15 is 0 Å². The minimum atomic E-state index is -2.44. The van der Waals surface area contributed by atoms with Gasteiger partial charge in [0.1, 0.15) is 17.5 Å². The molecule has 1 saturated heterocycles. The Morgan fingerprint density at radius 2 is 1.73 bits per heavy atom. The highest BCUT2D eigenvalue weighted by atomic mass is 19.3. The normalized spacial score (nSPS) is 13.9. The molecule has 0 spiro atoms. The molecule has 2 N–H and O–H groups in total. The fourth-order valence-corrected chi connectivity index (χ4v) is 4.03. The smallest absolute Gasteiger partial charge is 0.409 e. The maximum Gasteiger partial charge on any atom is 0.409 e. The zero-order chi connectivity index (χ0) is 29.2. The van der Waals surface area contributed by atoms with Crippen LogP contribution in [0.5, 0.6) is 5.75 Å². The Kier molecular flexibility index (Phi) is 10.7. The standard InChI is InChI=1S/C26H29F3N4O7/c1-2-39-26(38)33-12-10-32(11-13-33)25(37)19(7-8-22(34)35)31-24(36)20-15-21(40-14-9-17(27)23(28)29)16-5-3-4-6-18(16)30-20/h3-6,15,19H,2,7-14H2,1H3,(H,31,36)(H,34,35). The summed E-state index contributed by atoms with van der Waals surface area (Å²) in [4.78, 5) is 56.8. The molecule has 1 aromatic heterocycles. The summed E-state index contributed by atoms with van der Waals surface area (Å²) < 4.78 is 48.5. The van der Waals surface area contributed by atoms with Crippen LogP contribution in [0.3, 0.4) is 0 Å². The lowest BCUT2D eigenvalue weighted by Gasteiger charge is -2.35. The second kappa shape index (κ2) is 14.1. The van der Waals surface area contributed by atoms with Crippen molar-refractivity contribution >= 4 is 34.8 Å². The Balaban J connectivity index is 1.77. The average molecular weight is 567 g/mol. The van der Waals surface area contributed by atoms with Crippen LogP contribution in [0.2, 0.25) is 0 Å². The van der Waals surface area contributed by atoms with E-state index in [0.717, 1.165) is 0 Å². The third-order valence-corrected chi connectivity index (χ3v) is 6.06. The molecule has 0 radical (unpaired) electrons. The summed E-state index contributed by atoms with van der Waals surface area (Å²) >= 11 is 0. The van der Waals surface area contributed by atoms with Gasteiger partial charge in [-0.1, -0.05) is 12.1 Å². The van der Waals surface area contributed by atoms with E-state index in [-0.39, 0.29) is 50.7 Å². The number of hydrogen-bond donors (Lipinski definition) is 2. The molecule has 2 heterocycles. The van der Waals surface area contributed by atoms with E-state index in [9.17, 15) is 32.3 Å². The number of carboxylic acids is 1. The predicted molar refractivity (Wildman–Crippen MR) is 136 cm³/mol. The second-order valence-electron chi connectivity index (χ2n) is 8.76. The van der Waals surface area contributed by atoms with Gasteiger partial charge in [-0.2, -0.15) is 8.78 Å². The maximum absolute atomic E-state index is 13.3. The lowest BCUT2D eigenvalue weighted by atomic mass is 10.1. The molecule has 216 valence electrons. The summed E-state index contributed by atoms with van der Waals surface area (Å²) in [6, 6.07) is 6.55. The SMILES string of the molecule is CCOC(=O)N1CCN(C(=O)C(CCC(=O)O)NC(=O)c2cc(OCCC(F)=C(F)F)c3ccccc3n2)CC1. The fourth-order valence-electron chi connectivity index (χ4n) is 4.03. The molecule has 3 amide bonds. The topological polar surface area (TPSA) is 138 Å². The monoisotopic (exact) mass is 566 g/mol. The quantitative estimate of drug-likeness (QED) is 0.423. The number of benzene rings is 1. The third kappa shape index (κ3) is 8.07. The molecule has 14 heteroatoms. The zero-order valence-electron chi connectivity index (χ0n) is 21.7. The summed E-state index contributed by atoms with van der Waals surface area (Å²) in [5, 5.41) is 12.1. The van der Waals surface area contributed by atoms with E-state index in [2.05, 4.69) is 10.3 Å². The highest BCUT2D eigenvalue weighted by Gasteiger charge is 2.31. The summed E-state index contributed by atoms with van der Waals surface area (Å²) in [6.45, 7) is 2.19. The van der Waals surface area contributed by atoms with Gasteiger partial charge in [-0.15, -0.1) is 0 Å². The van der Waals surface area contributed by atoms with E-state index in [1.807, 2.05) is 0 Å². The van der Waals surface area contributed by atoms with Crippen LogP contribution in [-0.4, -0.2) is 89.2 Å². The van der Waals surface area contributed by atoms with E-state index in [1.54, 1.807) is 31.2 Å². The Morgan fingerprint density at radius 3 is 2.38 bits per heavy atom. The van der Waals surface area contributed by atoms with E-state index in [0.29, 0.717) is 10.9 Å². The van der Waals surface area contributed by atoms with Gasteiger partial charge in [-0.3, -0.25) is 14.4 Å². The van der Waals surface area contributed by atoms with Crippen molar-refractivity contribution in [1.29, 1.82) is 0 Å². The minimum absolute atomic E-state index is 0.0892. The van der Waals surface area contributed by atoms with Crippen molar-refractivity contribution in [3.8, 4) is 5.75 Å². The molecule has 2 aromatic rings. The number of amides is 3. The number of aliphatic carboxylic acids is 1. The van der Waals surface area contributed by atoms with Crippen molar-refractivity contribution in [3.63, 3.8) is 0 Å². The lowest BCUT2D eigenvalue weighted by molar-refractivity contribution is -0.138.